The fourth-order valence-electron chi connectivity index (χ4n) is 4.35. The highest BCUT2D eigenvalue weighted by molar-refractivity contribution is 6.12. The minimum absolute atomic E-state index is 0.0166. The van der Waals surface area contributed by atoms with Gasteiger partial charge < -0.3 is 14.4 Å². The van der Waals surface area contributed by atoms with E-state index < -0.39 is 16.9 Å². The minimum atomic E-state index is -0.632. The van der Waals surface area contributed by atoms with E-state index in [1.807, 2.05) is 45.9 Å². The molecule has 1 amide bonds. The van der Waals surface area contributed by atoms with Gasteiger partial charge in [-0.25, -0.2) is 4.79 Å². The maximum atomic E-state index is 13.3. The number of ketones is 2. The van der Waals surface area contributed by atoms with Crippen molar-refractivity contribution in [2.24, 2.45) is 11.3 Å². The van der Waals surface area contributed by atoms with Gasteiger partial charge in [-0.05, 0) is 70.2 Å². The Balaban J connectivity index is 1.69. The first-order chi connectivity index (χ1) is 13.5. The van der Waals surface area contributed by atoms with Gasteiger partial charge in [0.05, 0.1) is 13.0 Å². The molecule has 0 aromatic heterocycles. The van der Waals surface area contributed by atoms with Crippen LogP contribution in [0.2, 0.25) is 0 Å². The standard InChI is InChI=1S/C23H31NO5/c1-15-6-7-17(28-5)12-16(15)13-18-19(25)14-23(20(18)26)8-10-24(11-9-23)21(27)29-22(2,3)4/h6-7,12,18H,8-11,13-14H2,1-5H3. The Morgan fingerprint density at radius 2 is 1.86 bits per heavy atom. The van der Waals surface area contributed by atoms with Crippen LogP contribution < -0.4 is 4.74 Å². The molecular formula is C23H31NO5. The Labute approximate surface area is 172 Å². The van der Waals surface area contributed by atoms with Gasteiger partial charge in [0, 0.05) is 24.9 Å². The molecular weight excluding hydrogens is 370 g/mol. The molecule has 158 valence electrons. The number of Topliss-reactive ketones (excluding diaryl/α,β-unsaturated/α-hetero) is 2. The van der Waals surface area contributed by atoms with E-state index >= 15 is 0 Å². The number of rotatable bonds is 3. The van der Waals surface area contributed by atoms with Crippen LogP contribution in [0.1, 0.15) is 51.2 Å². The summed E-state index contributed by atoms with van der Waals surface area (Å²) < 4.78 is 10.7. The highest BCUT2D eigenvalue weighted by Gasteiger charge is 2.53. The molecule has 0 radical (unpaired) electrons. The molecule has 1 spiro atoms. The fraction of sp³-hybridized carbons (Fsp3) is 0.609. The molecule has 1 aromatic carbocycles. The Bertz CT molecular complexity index is 815. The summed E-state index contributed by atoms with van der Waals surface area (Å²) in [4.78, 5) is 40.0. The smallest absolute Gasteiger partial charge is 0.410 e. The van der Waals surface area contributed by atoms with Gasteiger partial charge in [-0.3, -0.25) is 9.59 Å². The molecule has 1 heterocycles. The summed E-state index contributed by atoms with van der Waals surface area (Å²) in [6, 6.07) is 5.74. The van der Waals surface area contributed by atoms with Gasteiger partial charge >= 0.3 is 6.09 Å². The van der Waals surface area contributed by atoms with Crippen LogP contribution in [-0.2, 0) is 20.7 Å². The van der Waals surface area contributed by atoms with Crippen LogP contribution in [0.3, 0.4) is 0 Å². The number of ether oxygens (including phenoxy) is 2. The van der Waals surface area contributed by atoms with Crippen molar-refractivity contribution < 1.29 is 23.9 Å². The molecule has 1 saturated heterocycles. The average Bonchev–Trinajstić information content (AvgIpc) is 2.86. The van der Waals surface area contributed by atoms with Gasteiger partial charge in [0.15, 0.2) is 0 Å². The lowest BCUT2D eigenvalue weighted by Gasteiger charge is -2.38. The number of likely N-dealkylation sites (tertiary alicyclic amines) is 1. The lowest BCUT2D eigenvalue weighted by atomic mass is 9.75. The quantitative estimate of drug-likeness (QED) is 0.722. The van der Waals surface area contributed by atoms with Crippen LogP contribution in [0.15, 0.2) is 18.2 Å². The number of benzene rings is 1. The second kappa shape index (κ2) is 7.81. The average molecular weight is 402 g/mol. The molecule has 6 nitrogen and oxygen atoms in total. The van der Waals surface area contributed by atoms with Gasteiger partial charge in [0.1, 0.15) is 22.9 Å². The lowest BCUT2D eigenvalue weighted by Crippen LogP contribution is -2.47. The molecule has 29 heavy (non-hydrogen) atoms. The number of hydrogen-bond acceptors (Lipinski definition) is 5. The van der Waals surface area contributed by atoms with Crippen LogP contribution in [0.25, 0.3) is 0 Å². The second-order valence-electron chi connectivity index (χ2n) is 9.30. The number of hydrogen-bond donors (Lipinski definition) is 0. The number of piperidine rings is 1. The first kappa shape index (κ1) is 21.3. The zero-order valence-electron chi connectivity index (χ0n) is 18.0. The van der Waals surface area contributed by atoms with Crippen molar-refractivity contribution >= 4 is 17.7 Å². The predicted molar refractivity (Wildman–Crippen MR) is 109 cm³/mol. The zero-order chi connectivity index (χ0) is 21.4. The molecule has 1 aromatic rings. The molecule has 2 fully saturated rings. The number of nitrogens with zero attached hydrogens (tertiary/aromatic N) is 1. The molecule has 1 aliphatic carbocycles. The lowest BCUT2D eigenvalue weighted by molar-refractivity contribution is -0.132. The third-order valence-electron chi connectivity index (χ3n) is 6.09. The molecule has 1 atom stereocenters. The fourth-order valence-corrected chi connectivity index (χ4v) is 4.35. The molecule has 0 N–H and O–H groups in total. The third kappa shape index (κ3) is 4.46. The summed E-state index contributed by atoms with van der Waals surface area (Å²) in [5.74, 6) is 0.175. The molecule has 3 rings (SSSR count). The Hall–Kier alpha value is -2.37. The second-order valence-corrected chi connectivity index (χ2v) is 9.30. The van der Waals surface area contributed by atoms with Gasteiger partial charge in [-0.2, -0.15) is 0 Å². The minimum Gasteiger partial charge on any atom is -0.497 e. The Morgan fingerprint density at radius 3 is 2.45 bits per heavy atom. The number of amides is 1. The number of aryl methyl sites for hydroxylation is 1. The highest BCUT2D eigenvalue weighted by atomic mass is 16.6. The number of carbonyl (C=O) groups is 3. The maximum Gasteiger partial charge on any atom is 0.410 e. The van der Waals surface area contributed by atoms with Gasteiger partial charge in [-0.1, -0.05) is 6.07 Å². The summed E-state index contributed by atoms with van der Waals surface area (Å²) in [5, 5.41) is 0. The molecule has 1 unspecified atom stereocenters. The molecule has 1 aliphatic heterocycles. The van der Waals surface area contributed by atoms with E-state index in [2.05, 4.69) is 0 Å². The normalized spacial score (nSPS) is 21.6. The summed E-state index contributed by atoms with van der Waals surface area (Å²) >= 11 is 0. The van der Waals surface area contributed by atoms with Gasteiger partial charge in [0.2, 0.25) is 0 Å². The van der Waals surface area contributed by atoms with Crippen molar-refractivity contribution in [1.29, 1.82) is 0 Å². The van der Waals surface area contributed by atoms with Crippen LogP contribution in [0.5, 0.6) is 5.75 Å². The van der Waals surface area contributed by atoms with Crippen molar-refractivity contribution in [1.82, 2.24) is 4.90 Å². The largest absolute Gasteiger partial charge is 0.497 e. The van der Waals surface area contributed by atoms with Gasteiger partial charge in [0.25, 0.3) is 0 Å². The molecule has 6 heteroatoms. The van der Waals surface area contributed by atoms with E-state index in [0.29, 0.717) is 32.4 Å². The third-order valence-corrected chi connectivity index (χ3v) is 6.09. The highest BCUT2D eigenvalue weighted by Crippen LogP contribution is 2.45. The first-order valence-corrected chi connectivity index (χ1v) is 10.2. The van der Waals surface area contributed by atoms with Crippen molar-refractivity contribution in [2.45, 2.75) is 59.0 Å². The van der Waals surface area contributed by atoms with E-state index in [1.165, 1.54) is 0 Å². The summed E-state index contributed by atoms with van der Waals surface area (Å²) in [6.45, 7) is 8.37. The Morgan fingerprint density at radius 1 is 1.21 bits per heavy atom. The van der Waals surface area contributed by atoms with Crippen molar-refractivity contribution in [3.8, 4) is 5.75 Å². The monoisotopic (exact) mass is 401 g/mol. The van der Waals surface area contributed by atoms with Crippen molar-refractivity contribution in [3.05, 3.63) is 29.3 Å². The van der Waals surface area contributed by atoms with E-state index in [4.69, 9.17) is 9.47 Å². The van der Waals surface area contributed by atoms with Gasteiger partial charge in [-0.15, -0.1) is 0 Å². The van der Waals surface area contributed by atoms with Crippen LogP contribution in [0.4, 0.5) is 4.79 Å². The number of carbonyl (C=O) groups excluding carboxylic acids is 3. The van der Waals surface area contributed by atoms with Crippen LogP contribution in [-0.4, -0.2) is 48.4 Å². The molecule has 1 saturated carbocycles. The van der Waals surface area contributed by atoms with E-state index in [9.17, 15) is 14.4 Å². The predicted octanol–water partition coefficient (Wildman–Crippen LogP) is 3.72. The first-order valence-electron chi connectivity index (χ1n) is 10.2. The van der Waals surface area contributed by atoms with Crippen molar-refractivity contribution in [2.75, 3.05) is 20.2 Å². The molecule has 0 bridgehead atoms. The van der Waals surface area contributed by atoms with Crippen LogP contribution in [0, 0.1) is 18.3 Å². The summed E-state index contributed by atoms with van der Waals surface area (Å²) in [7, 11) is 1.60. The van der Waals surface area contributed by atoms with Crippen molar-refractivity contribution in [3.63, 3.8) is 0 Å². The van der Waals surface area contributed by atoms with E-state index in [1.54, 1.807) is 12.0 Å². The maximum absolute atomic E-state index is 13.3. The van der Waals surface area contributed by atoms with E-state index in [-0.39, 0.29) is 24.1 Å². The molecule has 2 aliphatic rings. The zero-order valence-corrected chi connectivity index (χ0v) is 18.0. The number of methoxy groups -OCH3 is 1. The Kier molecular flexibility index (Phi) is 5.74. The summed E-state index contributed by atoms with van der Waals surface area (Å²) in [6.07, 6.45) is 1.38. The van der Waals surface area contributed by atoms with E-state index in [0.717, 1.165) is 16.9 Å². The summed E-state index contributed by atoms with van der Waals surface area (Å²) in [5.41, 5.74) is 0.837. The van der Waals surface area contributed by atoms with Crippen LogP contribution >= 0.6 is 0 Å². The SMILES string of the molecule is COc1ccc(C)c(CC2C(=O)CC3(CCN(C(=O)OC(C)(C)C)CC3)C2=O)c1. The topological polar surface area (TPSA) is 72.9 Å².